The first kappa shape index (κ1) is 12.4. The molecule has 16 heavy (non-hydrogen) atoms. The third-order valence-corrected chi connectivity index (χ3v) is 4.40. The van der Waals surface area contributed by atoms with Crippen LogP contribution in [0.5, 0.6) is 0 Å². The normalized spacial score (nSPS) is 30.4. The Morgan fingerprint density at radius 1 is 1.06 bits per heavy atom. The van der Waals surface area contributed by atoms with E-state index in [1.807, 2.05) is 0 Å². The van der Waals surface area contributed by atoms with Crippen LogP contribution in [-0.2, 0) is 0 Å². The molecule has 0 amide bonds. The summed E-state index contributed by atoms with van der Waals surface area (Å²) in [6.45, 7) is 13.8. The highest BCUT2D eigenvalue weighted by molar-refractivity contribution is 4.79. The summed E-state index contributed by atoms with van der Waals surface area (Å²) < 4.78 is 0. The second kappa shape index (κ2) is 5.50. The molecule has 2 heteroatoms. The SMILES string of the molecule is CC1CCN(CC2CCN(C(C)C)CC2)C1. The van der Waals surface area contributed by atoms with Crippen LogP contribution in [0, 0.1) is 11.8 Å². The summed E-state index contributed by atoms with van der Waals surface area (Å²) in [7, 11) is 0. The van der Waals surface area contributed by atoms with Gasteiger partial charge in [0, 0.05) is 19.1 Å². The minimum atomic E-state index is 0.743. The minimum Gasteiger partial charge on any atom is -0.303 e. The maximum Gasteiger partial charge on any atom is 0.00385 e. The summed E-state index contributed by atoms with van der Waals surface area (Å²) in [6.07, 6.45) is 4.26. The van der Waals surface area contributed by atoms with Crippen molar-refractivity contribution in [2.75, 3.05) is 32.7 Å². The van der Waals surface area contributed by atoms with Crippen LogP contribution in [0.2, 0.25) is 0 Å². The fraction of sp³-hybridized carbons (Fsp3) is 1.00. The highest BCUT2D eigenvalue weighted by Crippen LogP contribution is 2.23. The van der Waals surface area contributed by atoms with E-state index in [2.05, 4.69) is 30.6 Å². The summed E-state index contributed by atoms with van der Waals surface area (Å²) in [5.74, 6) is 1.91. The lowest BCUT2D eigenvalue weighted by Crippen LogP contribution is -2.41. The first-order valence-electron chi connectivity index (χ1n) is 7.11. The molecule has 1 atom stereocenters. The molecule has 0 bridgehead atoms. The van der Waals surface area contributed by atoms with Crippen LogP contribution >= 0.6 is 0 Å². The van der Waals surface area contributed by atoms with Gasteiger partial charge in [-0.3, -0.25) is 0 Å². The summed E-state index contributed by atoms with van der Waals surface area (Å²) in [5.41, 5.74) is 0. The van der Waals surface area contributed by atoms with E-state index in [1.165, 1.54) is 52.0 Å². The molecular weight excluding hydrogens is 196 g/mol. The van der Waals surface area contributed by atoms with Crippen molar-refractivity contribution < 1.29 is 0 Å². The molecule has 0 aliphatic carbocycles. The molecule has 2 rings (SSSR count). The van der Waals surface area contributed by atoms with E-state index in [1.54, 1.807) is 0 Å². The van der Waals surface area contributed by atoms with E-state index >= 15 is 0 Å². The van der Waals surface area contributed by atoms with Gasteiger partial charge in [-0.05, 0) is 64.6 Å². The van der Waals surface area contributed by atoms with Gasteiger partial charge in [-0.15, -0.1) is 0 Å². The van der Waals surface area contributed by atoms with Gasteiger partial charge in [0.1, 0.15) is 0 Å². The molecule has 0 saturated carbocycles. The third-order valence-electron chi connectivity index (χ3n) is 4.40. The van der Waals surface area contributed by atoms with Gasteiger partial charge in [0.05, 0.1) is 0 Å². The molecule has 2 saturated heterocycles. The van der Waals surface area contributed by atoms with Gasteiger partial charge in [-0.2, -0.15) is 0 Å². The van der Waals surface area contributed by atoms with E-state index in [4.69, 9.17) is 0 Å². The molecule has 0 spiro atoms. The molecule has 0 N–H and O–H groups in total. The maximum absolute atomic E-state index is 2.69. The number of hydrogen-bond acceptors (Lipinski definition) is 2. The van der Waals surface area contributed by atoms with Crippen molar-refractivity contribution in [3.63, 3.8) is 0 Å². The minimum absolute atomic E-state index is 0.743. The molecule has 1 unspecified atom stereocenters. The van der Waals surface area contributed by atoms with Crippen molar-refractivity contribution in [3.05, 3.63) is 0 Å². The zero-order valence-electron chi connectivity index (χ0n) is 11.3. The lowest BCUT2D eigenvalue weighted by Gasteiger charge is -2.36. The van der Waals surface area contributed by atoms with E-state index in [9.17, 15) is 0 Å². The van der Waals surface area contributed by atoms with Crippen molar-refractivity contribution in [2.45, 2.75) is 46.1 Å². The fourth-order valence-electron chi connectivity index (χ4n) is 3.21. The Hall–Kier alpha value is -0.0800. The van der Waals surface area contributed by atoms with Gasteiger partial charge in [0.25, 0.3) is 0 Å². The Kier molecular flexibility index (Phi) is 4.26. The van der Waals surface area contributed by atoms with Crippen LogP contribution in [0.4, 0.5) is 0 Å². The molecule has 0 radical (unpaired) electrons. The highest BCUT2D eigenvalue weighted by Gasteiger charge is 2.25. The molecule has 0 aromatic rings. The van der Waals surface area contributed by atoms with Crippen LogP contribution < -0.4 is 0 Å². The Bertz CT molecular complexity index is 207. The molecule has 2 heterocycles. The maximum atomic E-state index is 2.69. The Balaban J connectivity index is 1.69. The second-order valence-corrected chi connectivity index (χ2v) is 6.23. The lowest BCUT2D eigenvalue weighted by atomic mass is 9.95. The van der Waals surface area contributed by atoms with Crippen molar-refractivity contribution in [2.24, 2.45) is 11.8 Å². The van der Waals surface area contributed by atoms with E-state index < -0.39 is 0 Å². The van der Waals surface area contributed by atoms with Gasteiger partial charge in [-0.1, -0.05) is 6.92 Å². The Morgan fingerprint density at radius 2 is 1.75 bits per heavy atom. The number of likely N-dealkylation sites (tertiary alicyclic amines) is 2. The van der Waals surface area contributed by atoms with E-state index in [-0.39, 0.29) is 0 Å². The number of hydrogen-bond donors (Lipinski definition) is 0. The van der Waals surface area contributed by atoms with Crippen LogP contribution in [0.25, 0.3) is 0 Å². The second-order valence-electron chi connectivity index (χ2n) is 6.23. The smallest absolute Gasteiger partial charge is 0.00385 e. The first-order valence-corrected chi connectivity index (χ1v) is 7.11. The summed E-state index contributed by atoms with van der Waals surface area (Å²) >= 11 is 0. The monoisotopic (exact) mass is 224 g/mol. The standard InChI is InChI=1S/C14H28N2/c1-12(2)16-8-5-14(6-9-16)11-15-7-4-13(3)10-15/h12-14H,4-11H2,1-3H3. The zero-order valence-corrected chi connectivity index (χ0v) is 11.3. The average Bonchev–Trinajstić information content (AvgIpc) is 2.65. The molecule has 0 aromatic heterocycles. The summed E-state index contributed by atoms with van der Waals surface area (Å²) in [6, 6.07) is 0.743. The van der Waals surface area contributed by atoms with Gasteiger partial charge in [-0.25, -0.2) is 0 Å². The molecular formula is C14H28N2. The van der Waals surface area contributed by atoms with Gasteiger partial charge >= 0.3 is 0 Å². The predicted molar refractivity (Wildman–Crippen MR) is 69.7 cm³/mol. The highest BCUT2D eigenvalue weighted by atomic mass is 15.2. The molecule has 2 aliphatic heterocycles. The molecule has 2 aliphatic rings. The number of nitrogens with zero attached hydrogens (tertiary/aromatic N) is 2. The Morgan fingerprint density at radius 3 is 2.25 bits per heavy atom. The van der Waals surface area contributed by atoms with E-state index in [0.29, 0.717) is 0 Å². The molecule has 2 fully saturated rings. The quantitative estimate of drug-likeness (QED) is 0.726. The molecule has 0 aromatic carbocycles. The van der Waals surface area contributed by atoms with Crippen molar-refractivity contribution in [3.8, 4) is 0 Å². The topological polar surface area (TPSA) is 6.48 Å². The van der Waals surface area contributed by atoms with Gasteiger partial charge in [0.15, 0.2) is 0 Å². The van der Waals surface area contributed by atoms with E-state index in [0.717, 1.165) is 17.9 Å². The van der Waals surface area contributed by atoms with Gasteiger partial charge in [0.2, 0.25) is 0 Å². The van der Waals surface area contributed by atoms with Crippen LogP contribution in [0.15, 0.2) is 0 Å². The van der Waals surface area contributed by atoms with Crippen molar-refractivity contribution in [1.82, 2.24) is 9.80 Å². The molecule has 94 valence electrons. The Labute approximate surface area is 101 Å². The summed E-state index contributed by atoms with van der Waals surface area (Å²) in [5, 5.41) is 0. The van der Waals surface area contributed by atoms with Crippen molar-refractivity contribution >= 4 is 0 Å². The first-order chi connectivity index (χ1) is 7.65. The van der Waals surface area contributed by atoms with Crippen LogP contribution in [0.3, 0.4) is 0 Å². The predicted octanol–water partition coefficient (Wildman–Crippen LogP) is 2.45. The number of piperidine rings is 1. The van der Waals surface area contributed by atoms with Gasteiger partial charge < -0.3 is 9.80 Å². The largest absolute Gasteiger partial charge is 0.303 e. The van der Waals surface area contributed by atoms with Crippen molar-refractivity contribution in [1.29, 1.82) is 0 Å². The zero-order chi connectivity index (χ0) is 11.5. The van der Waals surface area contributed by atoms with Crippen LogP contribution in [-0.4, -0.2) is 48.6 Å². The number of rotatable bonds is 3. The van der Waals surface area contributed by atoms with Crippen LogP contribution in [0.1, 0.15) is 40.0 Å². The fourth-order valence-corrected chi connectivity index (χ4v) is 3.21. The molecule has 2 nitrogen and oxygen atoms in total. The third kappa shape index (κ3) is 3.21. The lowest BCUT2D eigenvalue weighted by molar-refractivity contribution is 0.128. The average molecular weight is 224 g/mol. The summed E-state index contributed by atoms with van der Waals surface area (Å²) in [4.78, 5) is 5.32.